The molecule has 0 saturated heterocycles. The highest BCUT2D eigenvalue weighted by molar-refractivity contribution is 7.09. The molecule has 1 heterocycles. The number of nitrogens with one attached hydrogen (secondary N) is 1. The maximum absolute atomic E-state index is 13.5. The van der Waals surface area contributed by atoms with E-state index in [4.69, 9.17) is 5.84 Å². The van der Waals surface area contributed by atoms with E-state index in [9.17, 15) is 4.39 Å². The summed E-state index contributed by atoms with van der Waals surface area (Å²) in [5.41, 5.74) is 4.40. The molecule has 96 valence electrons. The summed E-state index contributed by atoms with van der Waals surface area (Å²) in [6.07, 6.45) is 1.26. The second-order valence-corrected chi connectivity index (χ2v) is 5.28. The van der Waals surface area contributed by atoms with E-state index in [0.29, 0.717) is 18.4 Å². The van der Waals surface area contributed by atoms with E-state index in [-0.39, 0.29) is 11.9 Å². The average molecular weight is 265 g/mol. The van der Waals surface area contributed by atoms with Gasteiger partial charge in [-0.1, -0.05) is 18.2 Å². The first-order chi connectivity index (χ1) is 8.69. The van der Waals surface area contributed by atoms with Gasteiger partial charge in [0.05, 0.1) is 10.7 Å². The van der Waals surface area contributed by atoms with Crippen LogP contribution in [0.5, 0.6) is 0 Å². The minimum absolute atomic E-state index is 0.0107. The number of halogens is 1. The molecule has 0 aliphatic heterocycles. The van der Waals surface area contributed by atoms with Crippen LogP contribution >= 0.6 is 11.3 Å². The molecule has 5 heteroatoms. The van der Waals surface area contributed by atoms with E-state index in [2.05, 4.69) is 10.4 Å². The van der Waals surface area contributed by atoms with Crippen LogP contribution in [0.4, 0.5) is 4.39 Å². The van der Waals surface area contributed by atoms with Crippen molar-refractivity contribution in [2.45, 2.75) is 25.8 Å². The molecule has 0 bridgehead atoms. The van der Waals surface area contributed by atoms with Crippen LogP contribution in [0.15, 0.2) is 29.6 Å². The zero-order valence-corrected chi connectivity index (χ0v) is 11.0. The Labute approximate surface area is 110 Å². The van der Waals surface area contributed by atoms with Gasteiger partial charge in [-0.2, -0.15) is 0 Å². The van der Waals surface area contributed by atoms with Crippen molar-refractivity contribution < 1.29 is 4.39 Å². The number of aromatic nitrogens is 1. The fourth-order valence-electron chi connectivity index (χ4n) is 1.87. The van der Waals surface area contributed by atoms with Gasteiger partial charge in [-0.3, -0.25) is 11.3 Å². The van der Waals surface area contributed by atoms with Gasteiger partial charge in [0.1, 0.15) is 5.82 Å². The number of hydrogen-bond acceptors (Lipinski definition) is 4. The molecular formula is C13H16FN3S. The lowest BCUT2D eigenvalue weighted by atomic mass is 10.0. The Balaban J connectivity index is 2.04. The standard InChI is InChI=1S/C13H16FN3S/c1-9-16-12(8-18-9)7-11(17-15)6-10-4-2-3-5-13(10)14/h2-5,8,11,17H,6-7,15H2,1H3. The monoisotopic (exact) mass is 265 g/mol. The fourth-order valence-corrected chi connectivity index (χ4v) is 2.50. The van der Waals surface area contributed by atoms with Gasteiger partial charge < -0.3 is 0 Å². The lowest BCUT2D eigenvalue weighted by Crippen LogP contribution is -2.38. The van der Waals surface area contributed by atoms with Gasteiger partial charge in [-0.05, 0) is 25.0 Å². The Kier molecular flexibility index (Phi) is 4.41. The molecule has 2 rings (SSSR count). The van der Waals surface area contributed by atoms with Gasteiger partial charge in [0.15, 0.2) is 0 Å². The molecule has 0 fully saturated rings. The Morgan fingerprint density at radius 1 is 1.39 bits per heavy atom. The number of nitrogens with zero attached hydrogens (tertiary/aromatic N) is 1. The zero-order chi connectivity index (χ0) is 13.0. The van der Waals surface area contributed by atoms with Gasteiger partial charge in [-0.25, -0.2) is 9.37 Å². The summed E-state index contributed by atoms with van der Waals surface area (Å²) in [5, 5.41) is 3.05. The van der Waals surface area contributed by atoms with Crippen LogP contribution in [0.1, 0.15) is 16.3 Å². The second-order valence-electron chi connectivity index (χ2n) is 4.22. The summed E-state index contributed by atoms with van der Waals surface area (Å²) in [6.45, 7) is 1.97. The van der Waals surface area contributed by atoms with Crippen molar-refractivity contribution in [3.05, 3.63) is 51.7 Å². The third-order valence-corrected chi connectivity index (χ3v) is 3.60. The van der Waals surface area contributed by atoms with Crippen molar-refractivity contribution >= 4 is 11.3 Å². The van der Waals surface area contributed by atoms with Gasteiger partial charge in [0.2, 0.25) is 0 Å². The Morgan fingerprint density at radius 2 is 2.17 bits per heavy atom. The maximum atomic E-state index is 13.5. The predicted octanol–water partition coefficient (Wildman–Crippen LogP) is 2.21. The van der Waals surface area contributed by atoms with Crippen LogP contribution in [0.25, 0.3) is 0 Å². The Bertz CT molecular complexity index is 512. The summed E-state index contributed by atoms with van der Waals surface area (Å²) < 4.78 is 13.5. The molecule has 2 aromatic rings. The number of benzene rings is 1. The van der Waals surface area contributed by atoms with Crippen molar-refractivity contribution in [3.8, 4) is 0 Å². The lowest BCUT2D eigenvalue weighted by Gasteiger charge is -2.15. The van der Waals surface area contributed by atoms with Crippen molar-refractivity contribution in [2.24, 2.45) is 5.84 Å². The number of hydrazine groups is 1. The molecule has 3 nitrogen and oxygen atoms in total. The van der Waals surface area contributed by atoms with Crippen LogP contribution in [0.2, 0.25) is 0 Å². The molecule has 0 aliphatic carbocycles. The number of thiazole rings is 1. The smallest absolute Gasteiger partial charge is 0.126 e. The summed E-state index contributed by atoms with van der Waals surface area (Å²) in [7, 11) is 0. The normalized spacial score (nSPS) is 12.6. The molecule has 0 spiro atoms. The quantitative estimate of drug-likeness (QED) is 0.644. The fraction of sp³-hybridized carbons (Fsp3) is 0.308. The maximum Gasteiger partial charge on any atom is 0.126 e. The molecule has 1 atom stereocenters. The predicted molar refractivity (Wildman–Crippen MR) is 71.8 cm³/mol. The van der Waals surface area contributed by atoms with Crippen molar-refractivity contribution in [1.82, 2.24) is 10.4 Å². The summed E-state index contributed by atoms with van der Waals surface area (Å²) >= 11 is 1.61. The van der Waals surface area contributed by atoms with E-state index >= 15 is 0 Å². The first-order valence-electron chi connectivity index (χ1n) is 5.79. The van der Waals surface area contributed by atoms with Gasteiger partial charge in [-0.15, -0.1) is 11.3 Å². The highest BCUT2D eigenvalue weighted by Gasteiger charge is 2.13. The number of hydrogen-bond donors (Lipinski definition) is 2. The average Bonchev–Trinajstić information content (AvgIpc) is 2.76. The molecular weight excluding hydrogens is 249 g/mol. The largest absolute Gasteiger partial charge is 0.271 e. The molecule has 1 aromatic heterocycles. The second kappa shape index (κ2) is 6.04. The minimum Gasteiger partial charge on any atom is -0.271 e. The van der Waals surface area contributed by atoms with Crippen molar-refractivity contribution in [3.63, 3.8) is 0 Å². The summed E-state index contributed by atoms with van der Waals surface area (Å²) in [4.78, 5) is 4.39. The highest BCUT2D eigenvalue weighted by atomic mass is 32.1. The van der Waals surface area contributed by atoms with Crippen LogP contribution in [0.3, 0.4) is 0 Å². The molecule has 18 heavy (non-hydrogen) atoms. The van der Waals surface area contributed by atoms with Crippen LogP contribution in [-0.4, -0.2) is 11.0 Å². The highest BCUT2D eigenvalue weighted by Crippen LogP contribution is 2.14. The van der Waals surface area contributed by atoms with Gasteiger partial charge in [0, 0.05) is 17.8 Å². The zero-order valence-electron chi connectivity index (χ0n) is 10.2. The summed E-state index contributed by atoms with van der Waals surface area (Å²) in [5.74, 6) is 5.34. The van der Waals surface area contributed by atoms with Gasteiger partial charge >= 0.3 is 0 Å². The molecule has 3 N–H and O–H groups in total. The third-order valence-electron chi connectivity index (χ3n) is 2.78. The van der Waals surface area contributed by atoms with E-state index in [0.717, 1.165) is 10.7 Å². The minimum atomic E-state index is -0.188. The van der Waals surface area contributed by atoms with E-state index in [1.165, 1.54) is 6.07 Å². The first-order valence-corrected chi connectivity index (χ1v) is 6.67. The Morgan fingerprint density at radius 3 is 2.78 bits per heavy atom. The van der Waals surface area contributed by atoms with E-state index < -0.39 is 0 Å². The molecule has 0 saturated carbocycles. The van der Waals surface area contributed by atoms with E-state index in [1.807, 2.05) is 18.4 Å². The molecule has 1 aromatic carbocycles. The third kappa shape index (κ3) is 3.35. The first kappa shape index (κ1) is 13.1. The molecule has 1 unspecified atom stereocenters. The number of rotatable bonds is 5. The Hall–Kier alpha value is -1.30. The van der Waals surface area contributed by atoms with Crippen LogP contribution in [0, 0.1) is 12.7 Å². The lowest BCUT2D eigenvalue weighted by molar-refractivity contribution is 0.503. The van der Waals surface area contributed by atoms with Gasteiger partial charge in [0.25, 0.3) is 0 Å². The molecule has 0 aliphatic rings. The topological polar surface area (TPSA) is 50.9 Å². The van der Waals surface area contributed by atoms with Crippen LogP contribution < -0.4 is 11.3 Å². The molecule has 0 radical (unpaired) electrons. The number of aryl methyl sites for hydroxylation is 1. The SMILES string of the molecule is Cc1nc(CC(Cc2ccccc2F)NN)cs1. The van der Waals surface area contributed by atoms with Crippen molar-refractivity contribution in [1.29, 1.82) is 0 Å². The summed E-state index contributed by atoms with van der Waals surface area (Å²) in [6, 6.07) is 6.76. The van der Waals surface area contributed by atoms with Crippen LogP contribution in [-0.2, 0) is 12.8 Å². The molecule has 0 amide bonds. The van der Waals surface area contributed by atoms with E-state index in [1.54, 1.807) is 23.5 Å². The van der Waals surface area contributed by atoms with Crippen molar-refractivity contribution in [2.75, 3.05) is 0 Å². The number of nitrogens with two attached hydrogens (primary N) is 1.